The molecule has 0 amide bonds. The lowest BCUT2D eigenvalue weighted by molar-refractivity contribution is 0.0534. The zero-order valence-corrected chi connectivity index (χ0v) is 10.4. The van der Waals surface area contributed by atoms with Gasteiger partial charge in [-0.3, -0.25) is 0 Å². The molecule has 0 spiro atoms. The lowest BCUT2D eigenvalue weighted by atomic mass is 10.0. The Morgan fingerprint density at radius 1 is 1.59 bits per heavy atom. The van der Waals surface area contributed by atoms with Crippen molar-refractivity contribution in [3.63, 3.8) is 0 Å². The van der Waals surface area contributed by atoms with Gasteiger partial charge in [0.15, 0.2) is 0 Å². The minimum absolute atomic E-state index is 0.187. The van der Waals surface area contributed by atoms with Crippen LogP contribution in [0.15, 0.2) is 16.5 Å². The molecule has 1 heterocycles. The Morgan fingerprint density at radius 3 is 2.88 bits per heavy atom. The zero-order chi connectivity index (χ0) is 12.9. The van der Waals surface area contributed by atoms with E-state index in [-0.39, 0.29) is 5.76 Å². The van der Waals surface area contributed by atoms with E-state index in [9.17, 15) is 9.90 Å². The second-order valence-electron chi connectivity index (χ2n) is 4.21. The van der Waals surface area contributed by atoms with Crippen molar-refractivity contribution in [1.82, 2.24) is 5.32 Å². The smallest absolute Gasteiger partial charge is 0.373 e. The summed E-state index contributed by atoms with van der Waals surface area (Å²) in [6.07, 6.45) is 0.672. The average molecular weight is 241 g/mol. The summed E-state index contributed by atoms with van der Waals surface area (Å²) in [7, 11) is 1.31. The molecule has 1 unspecified atom stereocenters. The summed E-state index contributed by atoms with van der Waals surface area (Å²) in [5.41, 5.74) is -0.724. The Kier molecular flexibility index (Phi) is 4.72. The van der Waals surface area contributed by atoms with E-state index in [0.717, 1.165) is 0 Å². The first-order chi connectivity index (χ1) is 7.98. The molecule has 17 heavy (non-hydrogen) atoms. The minimum Gasteiger partial charge on any atom is -0.463 e. The first-order valence-corrected chi connectivity index (χ1v) is 5.58. The van der Waals surface area contributed by atoms with Crippen LogP contribution in [0.3, 0.4) is 0 Å². The molecule has 0 saturated heterocycles. The number of carbonyl (C=O) groups excluding carboxylic acids is 1. The number of methoxy groups -OCH3 is 1. The van der Waals surface area contributed by atoms with Crippen molar-refractivity contribution >= 4 is 5.97 Å². The fraction of sp³-hybridized carbons (Fsp3) is 0.583. The van der Waals surface area contributed by atoms with E-state index in [2.05, 4.69) is 10.1 Å². The van der Waals surface area contributed by atoms with Gasteiger partial charge in [0.25, 0.3) is 0 Å². The number of carbonyl (C=O) groups is 1. The molecule has 0 bridgehead atoms. The van der Waals surface area contributed by atoms with Crippen LogP contribution in [0, 0.1) is 0 Å². The molecular weight excluding hydrogens is 222 g/mol. The molecule has 5 nitrogen and oxygen atoms in total. The lowest BCUT2D eigenvalue weighted by Crippen LogP contribution is -2.36. The molecule has 0 saturated carbocycles. The maximum Gasteiger partial charge on any atom is 0.373 e. The predicted molar refractivity (Wildman–Crippen MR) is 62.7 cm³/mol. The van der Waals surface area contributed by atoms with E-state index in [1.54, 1.807) is 19.1 Å². The molecule has 2 N–H and O–H groups in total. The van der Waals surface area contributed by atoms with Crippen LogP contribution in [0.25, 0.3) is 0 Å². The van der Waals surface area contributed by atoms with E-state index in [4.69, 9.17) is 4.42 Å². The number of hydrogen-bond acceptors (Lipinski definition) is 5. The Bertz CT molecular complexity index is 370. The summed E-state index contributed by atoms with van der Waals surface area (Å²) in [4.78, 5) is 11.1. The molecule has 0 fully saturated rings. The molecule has 0 aliphatic carbocycles. The van der Waals surface area contributed by atoms with Gasteiger partial charge >= 0.3 is 5.97 Å². The van der Waals surface area contributed by atoms with Crippen LogP contribution >= 0.6 is 0 Å². The van der Waals surface area contributed by atoms with Gasteiger partial charge in [0, 0.05) is 6.54 Å². The van der Waals surface area contributed by atoms with Gasteiger partial charge in [-0.15, -0.1) is 0 Å². The van der Waals surface area contributed by atoms with Crippen LogP contribution in [0.2, 0.25) is 0 Å². The van der Waals surface area contributed by atoms with E-state index in [0.29, 0.717) is 25.3 Å². The van der Waals surface area contributed by atoms with Gasteiger partial charge in [-0.1, -0.05) is 6.92 Å². The van der Waals surface area contributed by atoms with Crippen molar-refractivity contribution in [3.8, 4) is 0 Å². The van der Waals surface area contributed by atoms with Crippen LogP contribution in [-0.2, 0) is 11.3 Å². The number of aliphatic hydroxyl groups is 1. The Hall–Kier alpha value is -1.33. The van der Waals surface area contributed by atoms with Crippen LogP contribution < -0.4 is 5.32 Å². The highest BCUT2D eigenvalue weighted by molar-refractivity contribution is 5.86. The van der Waals surface area contributed by atoms with E-state index in [1.165, 1.54) is 7.11 Å². The third-order valence-electron chi connectivity index (χ3n) is 2.61. The highest BCUT2D eigenvalue weighted by Crippen LogP contribution is 2.10. The van der Waals surface area contributed by atoms with Crippen LogP contribution in [0.5, 0.6) is 0 Å². The molecule has 0 radical (unpaired) electrons. The number of rotatable bonds is 6. The van der Waals surface area contributed by atoms with E-state index >= 15 is 0 Å². The third kappa shape index (κ3) is 4.20. The first-order valence-electron chi connectivity index (χ1n) is 5.58. The van der Waals surface area contributed by atoms with Crippen LogP contribution in [-0.4, -0.2) is 30.3 Å². The van der Waals surface area contributed by atoms with Crippen LogP contribution in [0.4, 0.5) is 0 Å². The van der Waals surface area contributed by atoms with Crippen molar-refractivity contribution in [2.24, 2.45) is 0 Å². The van der Waals surface area contributed by atoms with E-state index < -0.39 is 11.6 Å². The number of nitrogens with one attached hydrogen (secondary N) is 1. The second kappa shape index (κ2) is 5.84. The highest BCUT2D eigenvalue weighted by Gasteiger charge is 2.17. The molecule has 0 aliphatic rings. The van der Waals surface area contributed by atoms with Crippen molar-refractivity contribution in [1.29, 1.82) is 0 Å². The zero-order valence-electron chi connectivity index (χ0n) is 10.4. The quantitative estimate of drug-likeness (QED) is 0.735. The second-order valence-corrected chi connectivity index (χ2v) is 4.21. The SMILES string of the molecule is CCC(C)(O)CNCc1ccc(C(=O)OC)o1. The maximum absolute atomic E-state index is 11.1. The maximum atomic E-state index is 11.1. The monoisotopic (exact) mass is 241 g/mol. The van der Waals surface area contributed by atoms with Crippen LogP contribution in [0.1, 0.15) is 36.6 Å². The number of hydrogen-bond donors (Lipinski definition) is 2. The van der Waals surface area contributed by atoms with Crippen molar-refractivity contribution in [3.05, 3.63) is 23.7 Å². The first kappa shape index (κ1) is 13.7. The molecule has 1 rings (SSSR count). The molecule has 1 atom stereocenters. The topological polar surface area (TPSA) is 71.7 Å². The third-order valence-corrected chi connectivity index (χ3v) is 2.61. The standard InChI is InChI=1S/C12H19NO4/c1-4-12(2,15)8-13-7-9-5-6-10(17-9)11(14)16-3/h5-6,13,15H,4,7-8H2,1-3H3. The van der Waals surface area contributed by atoms with Gasteiger partial charge in [0.1, 0.15) is 5.76 Å². The summed E-state index contributed by atoms with van der Waals surface area (Å²) in [6, 6.07) is 3.28. The summed E-state index contributed by atoms with van der Waals surface area (Å²) in [5.74, 6) is 0.334. The summed E-state index contributed by atoms with van der Waals surface area (Å²) >= 11 is 0. The number of ether oxygens (including phenoxy) is 1. The lowest BCUT2D eigenvalue weighted by Gasteiger charge is -2.21. The van der Waals surface area contributed by atoms with Gasteiger partial charge in [-0.25, -0.2) is 4.79 Å². The highest BCUT2D eigenvalue weighted by atomic mass is 16.5. The molecule has 1 aromatic rings. The van der Waals surface area contributed by atoms with Gasteiger partial charge in [0.2, 0.25) is 5.76 Å². The van der Waals surface area contributed by atoms with Gasteiger partial charge in [-0.2, -0.15) is 0 Å². The molecule has 0 aliphatic heterocycles. The summed E-state index contributed by atoms with van der Waals surface area (Å²) in [6.45, 7) is 4.62. The van der Waals surface area contributed by atoms with Crippen molar-refractivity contribution in [2.75, 3.05) is 13.7 Å². The molecule has 96 valence electrons. The number of furan rings is 1. The van der Waals surface area contributed by atoms with E-state index in [1.807, 2.05) is 6.92 Å². The van der Waals surface area contributed by atoms with Crippen molar-refractivity contribution in [2.45, 2.75) is 32.4 Å². The Morgan fingerprint density at radius 2 is 2.29 bits per heavy atom. The largest absolute Gasteiger partial charge is 0.463 e. The fourth-order valence-corrected chi connectivity index (χ4v) is 1.26. The van der Waals surface area contributed by atoms with Gasteiger partial charge in [0.05, 0.1) is 19.3 Å². The molecular formula is C12H19NO4. The van der Waals surface area contributed by atoms with Gasteiger partial charge in [-0.05, 0) is 25.5 Å². The Labute approximate surface area is 101 Å². The normalized spacial score (nSPS) is 14.4. The molecule has 1 aromatic heterocycles. The van der Waals surface area contributed by atoms with Gasteiger partial charge < -0.3 is 19.6 Å². The summed E-state index contributed by atoms with van der Waals surface area (Å²) in [5, 5.41) is 12.8. The number of esters is 1. The summed E-state index contributed by atoms with van der Waals surface area (Å²) < 4.78 is 9.80. The molecule has 0 aromatic carbocycles. The average Bonchev–Trinajstić information content (AvgIpc) is 2.76. The molecule has 5 heteroatoms. The minimum atomic E-state index is -0.724. The predicted octanol–water partition coefficient (Wildman–Crippen LogP) is 1.32. The fourth-order valence-electron chi connectivity index (χ4n) is 1.26. The van der Waals surface area contributed by atoms with Crippen molar-refractivity contribution < 1.29 is 19.1 Å². The Balaban J connectivity index is 2.43.